The van der Waals surface area contributed by atoms with E-state index in [1.54, 1.807) is 6.92 Å². The van der Waals surface area contributed by atoms with Gasteiger partial charge in [-0.1, -0.05) is 0 Å². The summed E-state index contributed by atoms with van der Waals surface area (Å²) in [6.07, 6.45) is 0. The monoisotopic (exact) mass is 295 g/mol. The van der Waals surface area contributed by atoms with Gasteiger partial charge in [-0.3, -0.25) is 4.79 Å². The van der Waals surface area contributed by atoms with Crippen molar-refractivity contribution < 1.29 is 23.9 Å². The van der Waals surface area contributed by atoms with Crippen LogP contribution in [0.25, 0.3) is 0 Å². The number of thioether (sulfide) groups is 1. The molecule has 1 rings (SSSR count). The Kier molecular flexibility index (Phi) is 5.74. The molecule has 0 aromatic heterocycles. The number of hydrogen-bond acceptors (Lipinski definition) is 6. The third kappa shape index (κ3) is 3.08. The van der Waals surface area contributed by atoms with Crippen molar-refractivity contribution in [1.82, 2.24) is 4.90 Å². The summed E-state index contributed by atoms with van der Waals surface area (Å²) < 4.78 is 9.47. The molecule has 102 valence electrons. The van der Waals surface area contributed by atoms with Crippen LogP contribution in [-0.2, 0) is 23.9 Å². The summed E-state index contributed by atoms with van der Waals surface area (Å²) in [6, 6.07) is -0.787. The molecule has 0 N–H and O–H groups in total. The summed E-state index contributed by atoms with van der Waals surface area (Å²) >= 11 is 6.65. The minimum atomic E-state index is -0.837. The van der Waals surface area contributed by atoms with Crippen molar-refractivity contribution in [2.24, 2.45) is 0 Å². The standard InChI is InChI=1S/C10H14ClNO5S/c1-3-17-9(14)6-5-18-8(10(15)16-2)12(6)7(13)4-11/h6,8H,3-5H2,1-2H3. The molecule has 2 atom stereocenters. The van der Waals surface area contributed by atoms with Gasteiger partial charge in [0.15, 0.2) is 5.37 Å². The molecule has 0 radical (unpaired) electrons. The fraction of sp³-hybridized carbons (Fsp3) is 0.700. The maximum Gasteiger partial charge on any atom is 0.339 e. The molecule has 2 unspecified atom stereocenters. The van der Waals surface area contributed by atoms with Crippen molar-refractivity contribution in [3.05, 3.63) is 0 Å². The van der Waals surface area contributed by atoms with Crippen molar-refractivity contribution in [3.8, 4) is 0 Å². The highest BCUT2D eigenvalue weighted by Crippen LogP contribution is 2.30. The summed E-state index contributed by atoms with van der Waals surface area (Å²) in [6.45, 7) is 1.89. The molecule has 0 aromatic carbocycles. The van der Waals surface area contributed by atoms with Crippen molar-refractivity contribution >= 4 is 41.2 Å². The van der Waals surface area contributed by atoms with Crippen LogP contribution in [0.15, 0.2) is 0 Å². The van der Waals surface area contributed by atoms with Crippen LogP contribution in [0.1, 0.15) is 6.92 Å². The molecule has 0 aliphatic carbocycles. The van der Waals surface area contributed by atoms with Gasteiger partial charge in [0, 0.05) is 5.75 Å². The number of alkyl halides is 1. The Hall–Kier alpha value is -0.950. The van der Waals surface area contributed by atoms with E-state index in [1.165, 1.54) is 7.11 Å². The molecule has 1 fully saturated rings. The first-order valence-electron chi connectivity index (χ1n) is 5.30. The third-order valence-corrected chi connectivity index (χ3v) is 3.84. The van der Waals surface area contributed by atoms with Crippen molar-refractivity contribution in [2.75, 3.05) is 25.3 Å². The van der Waals surface area contributed by atoms with E-state index < -0.39 is 29.3 Å². The van der Waals surface area contributed by atoms with E-state index in [-0.39, 0.29) is 12.5 Å². The van der Waals surface area contributed by atoms with Gasteiger partial charge in [0.05, 0.1) is 13.7 Å². The highest BCUT2D eigenvalue weighted by molar-refractivity contribution is 8.00. The number of methoxy groups -OCH3 is 1. The second kappa shape index (κ2) is 6.84. The number of ether oxygens (including phenoxy) is 2. The highest BCUT2D eigenvalue weighted by atomic mass is 35.5. The molecule has 0 spiro atoms. The number of esters is 2. The number of amides is 1. The molecular formula is C10H14ClNO5S. The molecule has 6 nitrogen and oxygen atoms in total. The normalized spacial score (nSPS) is 22.7. The topological polar surface area (TPSA) is 72.9 Å². The van der Waals surface area contributed by atoms with Gasteiger partial charge in [0.1, 0.15) is 11.9 Å². The second-order valence-corrected chi connectivity index (χ2v) is 4.79. The molecule has 1 saturated heterocycles. The predicted octanol–water partition coefficient (Wildman–Crippen LogP) is 0.231. The Labute approximate surface area is 114 Å². The van der Waals surface area contributed by atoms with Crippen LogP contribution in [0.2, 0.25) is 0 Å². The molecule has 0 bridgehead atoms. The smallest absolute Gasteiger partial charge is 0.339 e. The maximum atomic E-state index is 11.7. The zero-order valence-corrected chi connectivity index (χ0v) is 11.6. The second-order valence-electron chi connectivity index (χ2n) is 3.41. The van der Waals surface area contributed by atoms with Gasteiger partial charge in [-0.25, -0.2) is 9.59 Å². The van der Waals surface area contributed by atoms with E-state index in [0.717, 1.165) is 16.7 Å². The summed E-state index contributed by atoms with van der Waals surface area (Å²) in [5.74, 6) is -1.61. The third-order valence-electron chi connectivity index (χ3n) is 2.36. The first-order chi connectivity index (χ1) is 8.56. The van der Waals surface area contributed by atoms with E-state index >= 15 is 0 Å². The molecule has 18 heavy (non-hydrogen) atoms. The number of halogens is 1. The van der Waals surface area contributed by atoms with E-state index in [2.05, 4.69) is 4.74 Å². The van der Waals surface area contributed by atoms with E-state index in [4.69, 9.17) is 16.3 Å². The van der Waals surface area contributed by atoms with E-state index in [1.807, 2.05) is 0 Å². The molecule has 1 aliphatic rings. The summed E-state index contributed by atoms with van der Waals surface area (Å²) in [7, 11) is 1.23. The maximum absolute atomic E-state index is 11.7. The Morgan fingerprint density at radius 1 is 1.39 bits per heavy atom. The summed E-state index contributed by atoms with van der Waals surface area (Å²) in [5, 5.41) is -0.837. The van der Waals surface area contributed by atoms with Crippen LogP contribution in [0.4, 0.5) is 0 Å². The molecule has 0 saturated carbocycles. The van der Waals surface area contributed by atoms with Gasteiger partial charge in [-0.05, 0) is 6.92 Å². The van der Waals surface area contributed by atoms with Crippen LogP contribution in [0.5, 0.6) is 0 Å². The lowest BCUT2D eigenvalue weighted by atomic mass is 10.2. The number of carbonyl (C=O) groups is 3. The SMILES string of the molecule is CCOC(=O)C1CSC(C(=O)OC)N1C(=O)CCl. The van der Waals surface area contributed by atoms with E-state index in [9.17, 15) is 14.4 Å². The molecule has 0 aromatic rings. The number of hydrogen-bond donors (Lipinski definition) is 0. The van der Waals surface area contributed by atoms with Crippen LogP contribution < -0.4 is 0 Å². The zero-order valence-electron chi connectivity index (χ0n) is 10.1. The number of rotatable bonds is 4. The van der Waals surface area contributed by atoms with Crippen LogP contribution in [0, 0.1) is 0 Å². The van der Waals surface area contributed by atoms with Gasteiger partial charge in [0.25, 0.3) is 0 Å². The fourth-order valence-electron chi connectivity index (χ4n) is 1.58. The van der Waals surface area contributed by atoms with Gasteiger partial charge >= 0.3 is 11.9 Å². The zero-order chi connectivity index (χ0) is 13.7. The number of nitrogens with zero attached hydrogens (tertiary/aromatic N) is 1. The highest BCUT2D eigenvalue weighted by Gasteiger charge is 2.45. The summed E-state index contributed by atoms with van der Waals surface area (Å²) in [4.78, 5) is 36.1. The van der Waals surface area contributed by atoms with Gasteiger partial charge in [0.2, 0.25) is 5.91 Å². The largest absolute Gasteiger partial charge is 0.467 e. The van der Waals surface area contributed by atoms with E-state index in [0.29, 0.717) is 5.75 Å². The Balaban J connectivity index is 2.89. The van der Waals surface area contributed by atoms with Crippen LogP contribution in [-0.4, -0.2) is 59.5 Å². The van der Waals surface area contributed by atoms with Crippen LogP contribution in [0.3, 0.4) is 0 Å². The molecule has 1 amide bonds. The van der Waals surface area contributed by atoms with Gasteiger partial charge in [-0.15, -0.1) is 23.4 Å². The molecule has 8 heteroatoms. The average Bonchev–Trinajstić information content (AvgIpc) is 2.81. The molecule has 1 heterocycles. The van der Waals surface area contributed by atoms with Crippen molar-refractivity contribution in [1.29, 1.82) is 0 Å². The lowest BCUT2D eigenvalue weighted by Gasteiger charge is -2.25. The first-order valence-corrected chi connectivity index (χ1v) is 6.88. The van der Waals surface area contributed by atoms with Crippen molar-refractivity contribution in [3.63, 3.8) is 0 Å². The van der Waals surface area contributed by atoms with Gasteiger partial charge < -0.3 is 14.4 Å². The Bertz CT molecular complexity index is 351. The average molecular weight is 296 g/mol. The van der Waals surface area contributed by atoms with Crippen LogP contribution >= 0.6 is 23.4 Å². The lowest BCUT2D eigenvalue weighted by molar-refractivity contribution is -0.157. The predicted molar refractivity (Wildman–Crippen MR) is 66.2 cm³/mol. The molecular weight excluding hydrogens is 282 g/mol. The quantitative estimate of drug-likeness (QED) is 0.546. The first kappa shape index (κ1) is 15.1. The minimum Gasteiger partial charge on any atom is -0.467 e. The van der Waals surface area contributed by atoms with Crippen molar-refractivity contribution in [2.45, 2.75) is 18.3 Å². The summed E-state index contributed by atoms with van der Waals surface area (Å²) in [5.41, 5.74) is 0. The lowest BCUT2D eigenvalue weighted by Crippen LogP contribution is -2.49. The minimum absolute atomic E-state index is 0.214. The molecule has 1 aliphatic heterocycles. The van der Waals surface area contributed by atoms with Gasteiger partial charge in [-0.2, -0.15) is 0 Å². The Morgan fingerprint density at radius 3 is 2.56 bits per heavy atom. The fourth-order valence-corrected chi connectivity index (χ4v) is 3.04. The Morgan fingerprint density at radius 2 is 2.06 bits per heavy atom. The number of carbonyl (C=O) groups excluding carboxylic acids is 3.